The Kier molecular flexibility index (Phi) is 6.80. The van der Waals surface area contributed by atoms with Gasteiger partial charge in [-0.05, 0) is 54.8 Å². The summed E-state index contributed by atoms with van der Waals surface area (Å²) in [6.07, 6.45) is 3.39. The van der Waals surface area contributed by atoms with E-state index in [0.29, 0.717) is 19.0 Å². The number of carbonyl (C=O) groups is 1. The summed E-state index contributed by atoms with van der Waals surface area (Å²) >= 11 is 0. The molecule has 1 aromatic heterocycles. The summed E-state index contributed by atoms with van der Waals surface area (Å²) in [5.41, 5.74) is 4.51. The van der Waals surface area contributed by atoms with Gasteiger partial charge >= 0.3 is 0 Å². The first kappa shape index (κ1) is 22.6. The smallest absolute Gasteiger partial charge is 0.244 e. The highest BCUT2D eigenvalue weighted by atomic mass is 16.5. The molecule has 0 fully saturated rings. The highest BCUT2D eigenvalue weighted by Gasteiger charge is 2.16. The van der Waals surface area contributed by atoms with Crippen LogP contribution < -0.4 is 10.1 Å². The molecule has 1 heterocycles. The first-order valence-electron chi connectivity index (χ1n) is 11.2. The molecule has 0 saturated heterocycles. The van der Waals surface area contributed by atoms with Crippen LogP contribution in [0.5, 0.6) is 5.75 Å². The summed E-state index contributed by atoms with van der Waals surface area (Å²) in [5.74, 6) is 0.525. The molecule has 0 saturated carbocycles. The summed E-state index contributed by atoms with van der Waals surface area (Å²) in [6, 6.07) is 18.6. The molecule has 3 aromatic carbocycles. The van der Waals surface area contributed by atoms with Crippen LogP contribution in [0.4, 0.5) is 0 Å². The van der Waals surface area contributed by atoms with Gasteiger partial charge < -0.3 is 19.2 Å². The maximum atomic E-state index is 12.5. The molecule has 1 atom stereocenters. The molecule has 1 unspecified atom stereocenters. The van der Waals surface area contributed by atoms with E-state index in [1.54, 1.807) is 19.4 Å². The second-order valence-electron chi connectivity index (χ2n) is 8.18. The zero-order chi connectivity index (χ0) is 23.4. The highest BCUT2D eigenvalue weighted by molar-refractivity contribution is 6.01. The molecule has 0 aliphatic rings. The topological polar surface area (TPSA) is 60.7 Å². The van der Waals surface area contributed by atoms with Gasteiger partial charge in [-0.15, -0.1) is 0 Å². The van der Waals surface area contributed by atoms with Crippen molar-refractivity contribution in [2.45, 2.75) is 26.8 Å². The molecule has 5 nitrogen and oxygen atoms in total. The number of allylic oxidation sites excluding steroid dienone is 1. The van der Waals surface area contributed by atoms with Crippen molar-refractivity contribution in [3.63, 3.8) is 0 Å². The van der Waals surface area contributed by atoms with Crippen LogP contribution in [0.3, 0.4) is 0 Å². The molecular weight excluding hydrogens is 414 g/mol. The molecule has 5 heteroatoms. The second kappa shape index (κ2) is 9.92. The molecule has 0 aliphatic heterocycles. The van der Waals surface area contributed by atoms with Gasteiger partial charge in [-0.1, -0.05) is 36.4 Å². The predicted octanol–water partition coefficient (Wildman–Crippen LogP) is 6.21. The van der Waals surface area contributed by atoms with Gasteiger partial charge in [-0.2, -0.15) is 0 Å². The van der Waals surface area contributed by atoms with E-state index < -0.39 is 0 Å². The predicted molar refractivity (Wildman–Crippen MR) is 133 cm³/mol. The first-order valence-corrected chi connectivity index (χ1v) is 11.2. The van der Waals surface area contributed by atoms with Gasteiger partial charge in [0.25, 0.3) is 0 Å². The van der Waals surface area contributed by atoms with Gasteiger partial charge in [0.1, 0.15) is 11.3 Å². The van der Waals surface area contributed by atoms with Crippen LogP contribution in [0, 0.1) is 0 Å². The Labute approximate surface area is 194 Å². The second-order valence-corrected chi connectivity index (χ2v) is 8.18. The van der Waals surface area contributed by atoms with E-state index in [9.17, 15) is 4.79 Å². The Balaban J connectivity index is 1.76. The molecule has 0 radical (unpaired) electrons. The molecule has 0 spiro atoms. The number of ether oxygens (including phenoxy) is 2. The number of furan rings is 1. The minimum absolute atomic E-state index is 0.0752. The summed E-state index contributed by atoms with van der Waals surface area (Å²) < 4.78 is 16.9. The minimum atomic E-state index is -0.165. The fourth-order valence-corrected chi connectivity index (χ4v) is 4.07. The van der Waals surface area contributed by atoms with Gasteiger partial charge in [0.2, 0.25) is 5.91 Å². The lowest BCUT2D eigenvalue weighted by atomic mass is 9.97. The van der Waals surface area contributed by atoms with Crippen molar-refractivity contribution in [3.8, 4) is 16.9 Å². The lowest BCUT2D eigenvalue weighted by Gasteiger charge is -2.13. The van der Waals surface area contributed by atoms with E-state index in [4.69, 9.17) is 13.9 Å². The van der Waals surface area contributed by atoms with E-state index in [2.05, 4.69) is 35.6 Å². The van der Waals surface area contributed by atoms with Crippen LogP contribution >= 0.6 is 0 Å². The lowest BCUT2D eigenvalue weighted by molar-refractivity contribution is -0.117. The van der Waals surface area contributed by atoms with E-state index in [1.165, 1.54) is 10.8 Å². The quantitative estimate of drug-likeness (QED) is 0.329. The SMILES string of the molecule is CCOc1cc2occ(-c3ccc4ccccc4c3)c2cc1/C(C)=C/C(=O)NC(C)COC. The Hall–Kier alpha value is -3.57. The normalized spacial score (nSPS) is 12.8. The van der Waals surface area contributed by atoms with Crippen molar-refractivity contribution in [1.82, 2.24) is 5.32 Å². The third-order valence-electron chi connectivity index (χ3n) is 5.61. The number of benzene rings is 3. The molecule has 33 heavy (non-hydrogen) atoms. The van der Waals surface area contributed by atoms with Crippen LogP contribution in [0.25, 0.3) is 38.4 Å². The van der Waals surface area contributed by atoms with E-state index in [-0.39, 0.29) is 11.9 Å². The zero-order valence-electron chi connectivity index (χ0n) is 19.5. The Morgan fingerprint density at radius 2 is 1.91 bits per heavy atom. The summed E-state index contributed by atoms with van der Waals surface area (Å²) in [6.45, 7) is 6.73. The number of hydrogen-bond donors (Lipinski definition) is 1. The van der Waals surface area contributed by atoms with E-state index in [1.807, 2.05) is 45.0 Å². The third-order valence-corrected chi connectivity index (χ3v) is 5.61. The van der Waals surface area contributed by atoms with E-state index >= 15 is 0 Å². The first-order chi connectivity index (χ1) is 16.0. The Morgan fingerprint density at radius 3 is 2.67 bits per heavy atom. The van der Waals surface area contributed by atoms with Gasteiger partial charge in [0.15, 0.2) is 0 Å². The fraction of sp³-hybridized carbons (Fsp3) is 0.250. The molecule has 0 bridgehead atoms. The monoisotopic (exact) mass is 443 g/mol. The number of amides is 1. The maximum Gasteiger partial charge on any atom is 0.244 e. The van der Waals surface area contributed by atoms with Crippen molar-refractivity contribution < 1.29 is 18.7 Å². The van der Waals surface area contributed by atoms with E-state index in [0.717, 1.165) is 33.2 Å². The van der Waals surface area contributed by atoms with Crippen molar-refractivity contribution in [3.05, 3.63) is 72.5 Å². The van der Waals surface area contributed by atoms with Crippen molar-refractivity contribution in [2.75, 3.05) is 20.3 Å². The molecule has 4 rings (SSSR count). The van der Waals surface area contributed by atoms with Crippen molar-refractivity contribution in [2.24, 2.45) is 0 Å². The number of rotatable bonds is 8. The number of carbonyl (C=O) groups excluding carboxylic acids is 1. The fourth-order valence-electron chi connectivity index (χ4n) is 4.07. The third kappa shape index (κ3) is 4.94. The molecule has 170 valence electrons. The molecule has 1 amide bonds. The van der Waals surface area contributed by atoms with Crippen molar-refractivity contribution >= 4 is 33.2 Å². The van der Waals surface area contributed by atoms with Gasteiger partial charge in [-0.25, -0.2) is 0 Å². The van der Waals surface area contributed by atoms with Crippen LogP contribution in [0.15, 0.2) is 71.4 Å². The van der Waals surface area contributed by atoms with Crippen molar-refractivity contribution in [1.29, 1.82) is 0 Å². The average molecular weight is 444 g/mol. The zero-order valence-corrected chi connectivity index (χ0v) is 19.5. The van der Waals surface area contributed by atoms with Gasteiger partial charge in [-0.3, -0.25) is 4.79 Å². The van der Waals surface area contributed by atoms with Crippen LogP contribution in [0.1, 0.15) is 26.3 Å². The Morgan fingerprint density at radius 1 is 1.12 bits per heavy atom. The summed E-state index contributed by atoms with van der Waals surface area (Å²) in [5, 5.41) is 6.27. The summed E-state index contributed by atoms with van der Waals surface area (Å²) in [4.78, 5) is 12.5. The number of fused-ring (bicyclic) bond motifs is 2. The number of nitrogens with one attached hydrogen (secondary N) is 1. The van der Waals surface area contributed by atoms with Crippen LogP contribution in [-0.2, 0) is 9.53 Å². The average Bonchev–Trinajstić information content (AvgIpc) is 3.21. The molecule has 4 aromatic rings. The largest absolute Gasteiger partial charge is 0.493 e. The maximum absolute atomic E-state index is 12.5. The van der Waals surface area contributed by atoms with Gasteiger partial charge in [0.05, 0.1) is 19.5 Å². The van der Waals surface area contributed by atoms with Crippen LogP contribution in [-0.4, -0.2) is 32.3 Å². The Bertz CT molecular complexity index is 1320. The van der Waals surface area contributed by atoms with Crippen LogP contribution in [0.2, 0.25) is 0 Å². The lowest BCUT2D eigenvalue weighted by Crippen LogP contribution is -2.34. The molecular formula is C28H29NO4. The standard InChI is InChI=1S/C28H29NO4/c1-5-32-26-15-27-24(14-23(26)18(2)12-28(30)29-19(3)16-31-4)25(17-33-27)22-11-10-20-8-6-7-9-21(20)13-22/h6-15,17,19H,5,16H2,1-4H3,(H,29,30)/b18-12+. The molecule has 0 aliphatic carbocycles. The highest BCUT2D eigenvalue weighted by Crippen LogP contribution is 2.38. The summed E-state index contributed by atoms with van der Waals surface area (Å²) in [7, 11) is 1.62. The number of hydrogen-bond acceptors (Lipinski definition) is 4. The number of methoxy groups -OCH3 is 1. The molecule has 1 N–H and O–H groups in total. The minimum Gasteiger partial charge on any atom is -0.493 e. The van der Waals surface area contributed by atoms with Gasteiger partial charge in [0, 0.05) is 41.8 Å².